The molecule has 3 N–H and O–H groups in total. The van der Waals surface area contributed by atoms with Crippen LogP contribution in [0.5, 0.6) is 0 Å². The first-order valence-electron chi connectivity index (χ1n) is 5.61. The van der Waals surface area contributed by atoms with Crippen LogP contribution < -0.4 is 10.6 Å². The molecule has 20 heavy (non-hydrogen) atoms. The summed E-state index contributed by atoms with van der Waals surface area (Å²) in [5.41, 5.74) is 0. The van der Waals surface area contributed by atoms with E-state index in [1.165, 1.54) is 22.7 Å². The summed E-state index contributed by atoms with van der Waals surface area (Å²) in [4.78, 5) is 24.5. The maximum atomic E-state index is 11.7. The lowest BCUT2D eigenvalue weighted by atomic mass is 10.2. The fraction of sp³-hybridized carbons (Fsp3) is 0.167. The molecule has 2 aromatic rings. The lowest BCUT2D eigenvalue weighted by molar-refractivity contribution is -0.139. The molecule has 0 bridgehead atoms. The van der Waals surface area contributed by atoms with Gasteiger partial charge in [0.1, 0.15) is 0 Å². The van der Waals surface area contributed by atoms with E-state index < -0.39 is 18.0 Å². The molecule has 2 heterocycles. The number of urea groups is 1. The van der Waals surface area contributed by atoms with Crippen LogP contribution >= 0.6 is 38.6 Å². The average Bonchev–Trinajstić information content (AvgIpc) is 3.04. The zero-order valence-corrected chi connectivity index (χ0v) is 13.3. The molecule has 0 aliphatic heterocycles. The van der Waals surface area contributed by atoms with Crippen molar-refractivity contribution in [3.8, 4) is 0 Å². The second-order valence-electron chi connectivity index (χ2n) is 3.82. The summed E-state index contributed by atoms with van der Waals surface area (Å²) in [6, 6.07) is 5.69. The highest BCUT2D eigenvalue weighted by atomic mass is 79.9. The van der Waals surface area contributed by atoms with Crippen molar-refractivity contribution >= 4 is 50.6 Å². The fourth-order valence-electron chi connectivity index (χ4n) is 1.51. The van der Waals surface area contributed by atoms with Crippen LogP contribution in [-0.2, 0) is 11.3 Å². The van der Waals surface area contributed by atoms with E-state index in [9.17, 15) is 9.59 Å². The van der Waals surface area contributed by atoms with Crippen molar-refractivity contribution < 1.29 is 14.7 Å². The van der Waals surface area contributed by atoms with E-state index in [1.54, 1.807) is 17.5 Å². The molecule has 0 aliphatic rings. The molecule has 1 atom stereocenters. The molecule has 0 saturated carbocycles. The molecule has 5 nitrogen and oxygen atoms in total. The third kappa shape index (κ3) is 4.06. The van der Waals surface area contributed by atoms with Crippen molar-refractivity contribution in [1.29, 1.82) is 0 Å². The number of hydrogen-bond acceptors (Lipinski definition) is 4. The number of carbonyl (C=O) groups is 2. The summed E-state index contributed by atoms with van der Waals surface area (Å²) in [6.45, 7) is 0.360. The Labute approximate surface area is 131 Å². The smallest absolute Gasteiger partial charge is 0.331 e. The van der Waals surface area contributed by atoms with E-state index >= 15 is 0 Å². The van der Waals surface area contributed by atoms with E-state index in [-0.39, 0.29) is 0 Å². The van der Waals surface area contributed by atoms with Crippen LogP contribution in [0, 0.1) is 0 Å². The molecule has 8 heteroatoms. The molecule has 2 rings (SSSR count). The van der Waals surface area contributed by atoms with E-state index in [0.29, 0.717) is 11.4 Å². The Morgan fingerprint density at radius 1 is 1.35 bits per heavy atom. The molecule has 106 valence electrons. The first-order valence-corrected chi connectivity index (χ1v) is 8.10. The van der Waals surface area contributed by atoms with Gasteiger partial charge in [0.25, 0.3) is 0 Å². The second kappa shape index (κ2) is 6.87. The normalized spacial score (nSPS) is 11.8. The van der Waals surface area contributed by atoms with E-state index in [1.807, 2.05) is 12.1 Å². The number of amides is 2. The van der Waals surface area contributed by atoms with Crippen LogP contribution in [-0.4, -0.2) is 17.1 Å². The number of halogens is 1. The molecule has 0 saturated heterocycles. The van der Waals surface area contributed by atoms with Gasteiger partial charge in [0.2, 0.25) is 0 Å². The standard InChI is InChI=1S/C12H11BrN2O3S2/c13-9-4-3-7(20-9)6-14-12(18)15-10(11(16)17)8-2-1-5-19-8/h1-5,10H,6H2,(H,16,17)(H2,14,15,18). The van der Waals surface area contributed by atoms with Crippen LogP contribution in [0.4, 0.5) is 4.79 Å². The molecule has 0 spiro atoms. The molecular formula is C12H11BrN2O3S2. The van der Waals surface area contributed by atoms with Gasteiger partial charge in [0, 0.05) is 9.75 Å². The molecule has 0 aromatic carbocycles. The predicted octanol–water partition coefficient (Wildman–Crippen LogP) is 3.20. The number of hydrogen-bond donors (Lipinski definition) is 3. The number of thiophene rings is 2. The predicted molar refractivity (Wildman–Crippen MR) is 82.1 cm³/mol. The van der Waals surface area contributed by atoms with Gasteiger partial charge in [-0.3, -0.25) is 0 Å². The monoisotopic (exact) mass is 374 g/mol. The maximum Gasteiger partial charge on any atom is 0.331 e. The van der Waals surface area contributed by atoms with Crippen molar-refractivity contribution in [2.24, 2.45) is 0 Å². The van der Waals surface area contributed by atoms with Crippen LogP contribution in [0.1, 0.15) is 15.8 Å². The lowest BCUT2D eigenvalue weighted by Crippen LogP contribution is -2.40. The Bertz CT molecular complexity index is 598. The third-order valence-electron chi connectivity index (χ3n) is 2.40. The van der Waals surface area contributed by atoms with Gasteiger partial charge in [-0.1, -0.05) is 6.07 Å². The number of rotatable bonds is 5. The number of carboxylic acid groups (broad SMARTS) is 1. The van der Waals surface area contributed by atoms with Crippen molar-refractivity contribution in [1.82, 2.24) is 10.6 Å². The van der Waals surface area contributed by atoms with Gasteiger partial charge in [-0.25, -0.2) is 9.59 Å². The summed E-state index contributed by atoms with van der Waals surface area (Å²) < 4.78 is 0.983. The summed E-state index contributed by atoms with van der Waals surface area (Å²) in [5, 5.41) is 16.0. The SMILES string of the molecule is O=C(NCc1ccc(Br)s1)NC(C(=O)O)c1cccs1. The summed E-state index contributed by atoms with van der Waals surface area (Å²) in [6.07, 6.45) is 0. The van der Waals surface area contributed by atoms with Crippen molar-refractivity contribution in [3.63, 3.8) is 0 Å². The minimum absolute atomic E-state index is 0.360. The number of nitrogens with one attached hydrogen (secondary N) is 2. The van der Waals surface area contributed by atoms with Gasteiger partial charge in [0.05, 0.1) is 10.3 Å². The largest absolute Gasteiger partial charge is 0.479 e. The van der Waals surface area contributed by atoms with Crippen LogP contribution in [0.2, 0.25) is 0 Å². The Kier molecular flexibility index (Phi) is 5.16. The summed E-state index contributed by atoms with van der Waals surface area (Å²) in [7, 11) is 0. The fourth-order valence-corrected chi connectivity index (χ4v) is 3.70. The van der Waals surface area contributed by atoms with E-state index in [4.69, 9.17) is 5.11 Å². The Balaban J connectivity index is 1.90. The highest BCUT2D eigenvalue weighted by molar-refractivity contribution is 9.11. The van der Waals surface area contributed by atoms with Crippen LogP contribution in [0.15, 0.2) is 33.4 Å². The molecule has 2 amide bonds. The zero-order valence-electron chi connectivity index (χ0n) is 10.1. The first-order chi connectivity index (χ1) is 9.56. The van der Waals surface area contributed by atoms with Gasteiger partial charge >= 0.3 is 12.0 Å². The molecular weight excluding hydrogens is 364 g/mol. The van der Waals surface area contributed by atoms with Gasteiger partial charge in [-0.15, -0.1) is 22.7 Å². The maximum absolute atomic E-state index is 11.7. The molecule has 2 aromatic heterocycles. The third-order valence-corrected chi connectivity index (χ3v) is 4.96. The van der Waals surface area contributed by atoms with E-state index in [0.717, 1.165) is 8.66 Å². The number of aliphatic carboxylic acids is 1. The summed E-state index contributed by atoms with van der Waals surface area (Å²) >= 11 is 6.14. The molecule has 0 fully saturated rings. The molecule has 0 radical (unpaired) electrons. The lowest BCUT2D eigenvalue weighted by Gasteiger charge is -2.13. The van der Waals surface area contributed by atoms with Gasteiger partial charge in [-0.05, 0) is 39.5 Å². The van der Waals surface area contributed by atoms with E-state index in [2.05, 4.69) is 26.6 Å². The highest BCUT2D eigenvalue weighted by Gasteiger charge is 2.22. The number of carboxylic acids is 1. The first kappa shape index (κ1) is 15.0. The minimum Gasteiger partial charge on any atom is -0.479 e. The second-order valence-corrected chi connectivity index (χ2v) is 7.35. The van der Waals surface area contributed by atoms with Crippen LogP contribution in [0.3, 0.4) is 0 Å². The van der Waals surface area contributed by atoms with Crippen molar-refractivity contribution in [3.05, 3.63) is 43.2 Å². The molecule has 0 aliphatic carbocycles. The molecule has 1 unspecified atom stereocenters. The Morgan fingerprint density at radius 3 is 2.70 bits per heavy atom. The van der Waals surface area contributed by atoms with Crippen LogP contribution in [0.25, 0.3) is 0 Å². The topological polar surface area (TPSA) is 78.4 Å². The van der Waals surface area contributed by atoms with Gasteiger partial charge < -0.3 is 15.7 Å². The highest BCUT2D eigenvalue weighted by Crippen LogP contribution is 2.22. The quantitative estimate of drug-likeness (QED) is 0.751. The van der Waals surface area contributed by atoms with Gasteiger partial charge in [0.15, 0.2) is 6.04 Å². The zero-order chi connectivity index (χ0) is 14.5. The Hall–Kier alpha value is -1.38. The summed E-state index contributed by atoms with van der Waals surface area (Å²) in [5.74, 6) is -1.08. The van der Waals surface area contributed by atoms with Crippen molar-refractivity contribution in [2.75, 3.05) is 0 Å². The van der Waals surface area contributed by atoms with Gasteiger partial charge in [-0.2, -0.15) is 0 Å². The minimum atomic E-state index is -1.08. The number of carbonyl (C=O) groups excluding carboxylic acids is 1. The Morgan fingerprint density at radius 2 is 2.15 bits per heavy atom. The average molecular weight is 375 g/mol. The van der Waals surface area contributed by atoms with Crippen molar-refractivity contribution in [2.45, 2.75) is 12.6 Å².